The summed E-state index contributed by atoms with van der Waals surface area (Å²) >= 11 is 0. The summed E-state index contributed by atoms with van der Waals surface area (Å²) in [6.07, 6.45) is 0.864. The standard InChI is InChI=1S/C12H9NO2/c13-5-6-1-2-7-4-9-10(8(7)3-6)11(9)12(14)15/h1-3,9-11H,4H2,(H,14,15)/t9-,10-,11+/m1/s1. The van der Waals surface area contributed by atoms with Gasteiger partial charge in [0.15, 0.2) is 0 Å². The van der Waals surface area contributed by atoms with Crippen molar-refractivity contribution in [3.8, 4) is 6.07 Å². The van der Waals surface area contributed by atoms with Crippen molar-refractivity contribution < 1.29 is 9.90 Å². The molecule has 0 aliphatic heterocycles. The highest BCUT2D eigenvalue weighted by atomic mass is 16.4. The predicted molar refractivity (Wildman–Crippen MR) is 52.2 cm³/mol. The fourth-order valence-corrected chi connectivity index (χ4v) is 2.80. The fraction of sp³-hybridized carbons (Fsp3) is 0.333. The predicted octanol–water partition coefficient (Wildman–Crippen LogP) is 1.53. The van der Waals surface area contributed by atoms with Gasteiger partial charge < -0.3 is 5.11 Å². The second-order valence-electron chi connectivity index (χ2n) is 4.28. The number of carboxylic acid groups (broad SMARTS) is 1. The van der Waals surface area contributed by atoms with Crippen LogP contribution in [0.15, 0.2) is 18.2 Å². The minimum Gasteiger partial charge on any atom is -0.481 e. The Kier molecular flexibility index (Phi) is 1.47. The molecule has 3 rings (SSSR count). The third kappa shape index (κ3) is 1.02. The Balaban J connectivity index is 2.01. The highest BCUT2D eigenvalue weighted by Gasteiger charge is 2.59. The second kappa shape index (κ2) is 2.60. The van der Waals surface area contributed by atoms with Crippen molar-refractivity contribution in [1.29, 1.82) is 5.26 Å². The van der Waals surface area contributed by atoms with Crippen LogP contribution in [0.4, 0.5) is 0 Å². The van der Waals surface area contributed by atoms with Crippen LogP contribution in [0.2, 0.25) is 0 Å². The fourth-order valence-electron chi connectivity index (χ4n) is 2.80. The Bertz CT molecular complexity index is 501. The number of rotatable bonds is 1. The van der Waals surface area contributed by atoms with E-state index in [0.717, 1.165) is 12.0 Å². The molecule has 0 bridgehead atoms. The third-order valence-electron chi connectivity index (χ3n) is 3.54. The van der Waals surface area contributed by atoms with E-state index in [1.807, 2.05) is 12.1 Å². The van der Waals surface area contributed by atoms with Gasteiger partial charge in [-0.2, -0.15) is 5.26 Å². The molecule has 15 heavy (non-hydrogen) atoms. The summed E-state index contributed by atoms with van der Waals surface area (Å²) in [5, 5.41) is 17.7. The summed E-state index contributed by atoms with van der Waals surface area (Å²) < 4.78 is 0. The molecule has 0 saturated heterocycles. The molecule has 3 atom stereocenters. The van der Waals surface area contributed by atoms with Gasteiger partial charge in [0.2, 0.25) is 0 Å². The van der Waals surface area contributed by atoms with Crippen molar-refractivity contribution in [2.24, 2.45) is 11.8 Å². The van der Waals surface area contributed by atoms with Crippen LogP contribution in [0.1, 0.15) is 22.6 Å². The van der Waals surface area contributed by atoms with Crippen LogP contribution in [0.3, 0.4) is 0 Å². The van der Waals surface area contributed by atoms with Gasteiger partial charge >= 0.3 is 5.97 Å². The molecule has 0 radical (unpaired) electrons. The Labute approximate surface area is 87.0 Å². The van der Waals surface area contributed by atoms with Crippen LogP contribution in [0.25, 0.3) is 0 Å². The molecule has 1 aromatic rings. The van der Waals surface area contributed by atoms with Crippen LogP contribution in [-0.2, 0) is 11.2 Å². The van der Waals surface area contributed by atoms with Crippen molar-refractivity contribution in [2.45, 2.75) is 12.3 Å². The highest BCUT2D eigenvalue weighted by Crippen LogP contribution is 2.61. The summed E-state index contributed by atoms with van der Waals surface area (Å²) in [4.78, 5) is 10.9. The second-order valence-corrected chi connectivity index (χ2v) is 4.28. The average molecular weight is 199 g/mol. The van der Waals surface area contributed by atoms with Crippen LogP contribution < -0.4 is 0 Å². The quantitative estimate of drug-likeness (QED) is 0.746. The number of carbonyl (C=O) groups is 1. The first kappa shape index (κ1) is 8.49. The summed E-state index contributed by atoms with van der Waals surface area (Å²) in [5.74, 6) is -0.443. The maximum atomic E-state index is 10.9. The molecule has 0 unspecified atom stereocenters. The summed E-state index contributed by atoms with van der Waals surface area (Å²) in [6, 6.07) is 7.70. The molecular formula is C12H9NO2. The van der Waals surface area contributed by atoms with Gasteiger partial charge in [-0.25, -0.2) is 0 Å². The lowest BCUT2D eigenvalue weighted by molar-refractivity contribution is -0.139. The number of nitrogens with zero attached hydrogens (tertiary/aromatic N) is 1. The normalized spacial score (nSPS) is 30.2. The molecule has 1 fully saturated rings. The maximum Gasteiger partial charge on any atom is 0.307 e. The molecule has 1 N–H and O–H groups in total. The van der Waals surface area contributed by atoms with E-state index in [4.69, 9.17) is 10.4 Å². The molecule has 0 aromatic heterocycles. The van der Waals surface area contributed by atoms with Gasteiger partial charge in [-0.05, 0) is 35.6 Å². The number of fused-ring (bicyclic) bond motifs is 3. The van der Waals surface area contributed by atoms with Crippen molar-refractivity contribution in [3.05, 3.63) is 34.9 Å². The largest absolute Gasteiger partial charge is 0.481 e. The Morgan fingerprint density at radius 2 is 2.33 bits per heavy atom. The number of hydrogen-bond acceptors (Lipinski definition) is 2. The zero-order valence-electron chi connectivity index (χ0n) is 7.97. The molecule has 0 amide bonds. The van der Waals surface area contributed by atoms with E-state index in [2.05, 4.69) is 6.07 Å². The zero-order chi connectivity index (χ0) is 10.6. The SMILES string of the molecule is N#Cc1ccc2c(c1)[C@@H]1[C@@H](C2)[C@@H]1C(=O)O. The number of benzene rings is 1. The summed E-state index contributed by atoms with van der Waals surface area (Å²) in [7, 11) is 0. The summed E-state index contributed by atoms with van der Waals surface area (Å²) in [5.41, 5.74) is 2.94. The van der Waals surface area contributed by atoms with Crippen LogP contribution in [0, 0.1) is 23.2 Å². The van der Waals surface area contributed by atoms with Gasteiger partial charge in [-0.3, -0.25) is 4.79 Å². The topological polar surface area (TPSA) is 61.1 Å². The number of hydrogen-bond donors (Lipinski definition) is 1. The van der Waals surface area contributed by atoms with Crippen LogP contribution in [0.5, 0.6) is 0 Å². The number of nitriles is 1. The molecule has 0 heterocycles. The van der Waals surface area contributed by atoms with Gasteiger partial charge in [0.25, 0.3) is 0 Å². The van der Waals surface area contributed by atoms with Gasteiger partial charge in [0.1, 0.15) is 0 Å². The number of aliphatic carboxylic acids is 1. The Morgan fingerprint density at radius 3 is 3.00 bits per heavy atom. The lowest BCUT2D eigenvalue weighted by Gasteiger charge is -2.04. The first-order valence-corrected chi connectivity index (χ1v) is 4.98. The molecular weight excluding hydrogens is 190 g/mol. The van der Waals surface area contributed by atoms with Gasteiger partial charge in [0, 0.05) is 5.92 Å². The Hall–Kier alpha value is -1.82. The molecule has 2 aliphatic carbocycles. The number of carboxylic acids is 1. The van der Waals surface area contributed by atoms with E-state index in [1.165, 1.54) is 5.56 Å². The highest BCUT2D eigenvalue weighted by molar-refractivity contribution is 5.78. The molecule has 3 nitrogen and oxygen atoms in total. The molecule has 74 valence electrons. The van der Waals surface area contributed by atoms with E-state index in [1.54, 1.807) is 6.07 Å². The molecule has 1 aromatic carbocycles. The Morgan fingerprint density at radius 1 is 1.53 bits per heavy atom. The van der Waals surface area contributed by atoms with Crippen LogP contribution >= 0.6 is 0 Å². The van der Waals surface area contributed by atoms with E-state index in [0.29, 0.717) is 5.56 Å². The van der Waals surface area contributed by atoms with E-state index in [9.17, 15) is 4.79 Å². The van der Waals surface area contributed by atoms with Gasteiger partial charge in [-0.15, -0.1) is 0 Å². The van der Waals surface area contributed by atoms with Crippen LogP contribution in [-0.4, -0.2) is 11.1 Å². The van der Waals surface area contributed by atoms with Crippen molar-refractivity contribution >= 4 is 5.97 Å². The minimum absolute atomic E-state index is 0.172. The minimum atomic E-state index is -0.696. The molecule has 1 saturated carbocycles. The van der Waals surface area contributed by atoms with E-state index in [-0.39, 0.29) is 17.8 Å². The molecule has 0 spiro atoms. The first-order valence-electron chi connectivity index (χ1n) is 4.98. The van der Waals surface area contributed by atoms with Crippen molar-refractivity contribution in [1.82, 2.24) is 0 Å². The van der Waals surface area contributed by atoms with Gasteiger partial charge in [0.05, 0.1) is 17.6 Å². The first-order chi connectivity index (χ1) is 7.22. The molecule has 2 aliphatic rings. The monoisotopic (exact) mass is 199 g/mol. The lowest BCUT2D eigenvalue weighted by atomic mass is 10.00. The third-order valence-corrected chi connectivity index (χ3v) is 3.54. The van der Waals surface area contributed by atoms with E-state index >= 15 is 0 Å². The van der Waals surface area contributed by atoms with Gasteiger partial charge in [-0.1, -0.05) is 6.07 Å². The smallest absolute Gasteiger partial charge is 0.307 e. The summed E-state index contributed by atoms with van der Waals surface area (Å²) in [6.45, 7) is 0. The maximum absolute atomic E-state index is 10.9. The average Bonchev–Trinajstić information content (AvgIpc) is 2.83. The van der Waals surface area contributed by atoms with Crippen molar-refractivity contribution in [2.75, 3.05) is 0 Å². The molecule has 3 heteroatoms. The van der Waals surface area contributed by atoms with E-state index < -0.39 is 5.97 Å². The zero-order valence-corrected chi connectivity index (χ0v) is 7.97. The van der Waals surface area contributed by atoms with Crippen molar-refractivity contribution in [3.63, 3.8) is 0 Å². The lowest BCUT2D eigenvalue weighted by Crippen LogP contribution is -2.05.